The van der Waals surface area contributed by atoms with Gasteiger partial charge in [-0.2, -0.15) is 5.10 Å². The first kappa shape index (κ1) is 21.2. The van der Waals surface area contributed by atoms with Crippen LogP contribution in [0.2, 0.25) is 0 Å². The van der Waals surface area contributed by atoms with Crippen LogP contribution in [0.5, 0.6) is 11.5 Å². The molecule has 2 aromatic heterocycles. The number of aryl methyl sites for hydroxylation is 1. The third-order valence-corrected chi connectivity index (χ3v) is 4.45. The summed E-state index contributed by atoms with van der Waals surface area (Å²) in [5, 5.41) is 9.95. The van der Waals surface area contributed by atoms with Gasteiger partial charge in [0.25, 0.3) is 0 Å². The van der Waals surface area contributed by atoms with Crippen LogP contribution in [-0.4, -0.2) is 34.5 Å². The molecule has 0 unspecified atom stereocenters. The molecule has 0 aliphatic carbocycles. The van der Waals surface area contributed by atoms with Crippen molar-refractivity contribution in [2.24, 2.45) is 13.0 Å². The molecule has 8 heteroatoms. The third kappa shape index (κ3) is 5.50. The molecule has 1 aromatic carbocycles. The summed E-state index contributed by atoms with van der Waals surface area (Å²) < 4.78 is 12.7. The number of nitrogens with zero attached hydrogens (tertiary/aromatic N) is 3. The van der Waals surface area contributed by atoms with Crippen molar-refractivity contribution >= 4 is 17.5 Å². The number of hydrogen-bond acceptors (Lipinski definition) is 5. The Balaban J connectivity index is 1.67. The highest BCUT2D eigenvalue weighted by molar-refractivity contribution is 6.00. The van der Waals surface area contributed by atoms with E-state index in [1.54, 1.807) is 43.4 Å². The number of benzene rings is 1. The number of rotatable bonds is 8. The van der Waals surface area contributed by atoms with E-state index in [-0.39, 0.29) is 0 Å². The van der Waals surface area contributed by atoms with Gasteiger partial charge in [-0.15, -0.1) is 0 Å². The Hall–Kier alpha value is -3.55. The van der Waals surface area contributed by atoms with E-state index in [2.05, 4.69) is 34.6 Å². The summed E-state index contributed by atoms with van der Waals surface area (Å²) in [7, 11) is 3.39. The molecule has 0 atom stereocenters. The molecule has 0 saturated carbocycles. The highest BCUT2D eigenvalue weighted by Crippen LogP contribution is 2.26. The van der Waals surface area contributed by atoms with Crippen molar-refractivity contribution < 1.29 is 14.3 Å². The standard InChI is InChI=1S/C22H27N5O3/c1-15(2)9-10-30-20-8-6-5-7-18(20)24-22(28)25-21-12-19(27(3)26-21)16-11-17(29-4)14-23-13-16/h5-8,11-15H,9-10H2,1-4H3,(H2,24,25,26,28). The summed E-state index contributed by atoms with van der Waals surface area (Å²) in [5.41, 5.74) is 2.24. The minimum Gasteiger partial charge on any atom is -0.495 e. The van der Waals surface area contributed by atoms with Crippen molar-refractivity contribution in [2.75, 3.05) is 24.4 Å². The SMILES string of the molecule is COc1cncc(-c2cc(NC(=O)Nc3ccccc3OCCC(C)C)nn2C)c1. The van der Waals surface area contributed by atoms with E-state index in [1.807, 2.05) is 24.3 Å². The van der Waals surface area contributed by atoms with E-state index in [1.165, 1.54) is 0 Å². The summed E-state index contributed by atoms with van der Waals surface area (Å²) in [5.74, 6) is 2.25. The van der Waals surface area contributed by atoms with E-state index < -0.39 is 6.03 Å². The number of aromatic nitrogens is 3. The maximum atomic E-state index is 12.5. The Morgan fingerprint density at radius 3 is 2.73 bits per heavy atom. The predicted octanol–water partition coefficient (Wildman–Crippen LogP) is 4.56. The molecule has 3 aromatic rings. The fourth-order valence-electron chi connectivity index (χ4n) is 2.84. The Morgan fingerprint density at radius 1 is 1.17 bits per heavy atom. The highest BCUT2D eigenvalue weighted by atomic mass is 16.5. The minimum absolute atomic E-state index is 0.400. The van der Waals surface area contributed by atoms with Gasteiger partial charge in [-0.25, -0.2) is 4.79 Å². The fraction of sp³-hybridized carbons (Fsp3) is 0.318. The lowest BCUT2D eigenvalue weighted by Crippen LogP contribution is -2.20. The highest BCUT2D eigenvalue weighted by Gasteiger charge is 2.13. The molecule has 0 fully saturated rings. The van der Waals surface area contributed by atoms with Crippen LogP contribution in [-0.2, 0) is 7.05 Å². The maximum absolute atomic E-state index is 12.5. The molecule has 0 saturated heterocycles. The number of carbonyl (C=O) groups is 1. The maximum Gasteiger partial charge on any atom is 0.325 e. The van der Waals surface area contributed by atoms with Crippen LogP contribution in [0.4, 0.5) is 16.3 Å². The lowest BCUT2D eigenvalue weighted by Gasteiger charge is -2.13. The molecular formula is C22H27N5O3. The van der Waals surface area contributed by atoms with Crippen LogP contribution >= 0.6 is 0 Å². The van der Waals surface area contributed by atoms with Crippen LogP contribution in [0.15, 0.2) is 48.8 Å². The van der Waals surface area contributed by atoms with Gasteiger partial charge < -0.3 is 14.8 Å². The van der Waals surface area contributed by atoms with Gasteiger partial charge in [-0.05, 0) is 30.5 Å². The van der Waals surface area contributed by atoms with Gasteiger partial charge in [0.2, 0.25) is 0 Å². The molecule has 2 heterocycles. The minimum atomic E-state index is -0.400. The largest absolute Gasteiger partial charge is 0.495 e. The lowest BCUT2D eigenvalue weighted by atomic mass is 10.1. The van der Waals surface area contributed by atoms with Crippen LogP contribution < -0.4 is 20.1 Å². The number of pyridine rings is 1. The molecular weight excluding hydrogens is 382 g/mol. The number of urea groups is 1. The zero-order valence-corrected chi connectivity index (χ0v) is 17.7. The summed E-state index contributed by atoms with van der Waals surface area (Å²) in [6.45, 7) is 4.88. The van der Waals surface area contributed by atoms with Crippen LogP contribution in [0.3, 0.4) is 0 Å². The Kier molecular flexibility index (Phi) is 6.90. The number of methoxy groups -OCH3 is 1. The second-order valence-electron chi connectivity index (χ2n) is 7.26. The number of ether oxygens (including phenoxy) is 2. The number of amides is 2. The van der Waals surface area contributed by atoms with Crippen LogP contribution in [0.1, 0.15) is 20.3 Å². The molecule has 0 spiro atoms. The molecule has 0 radical (unpaired) electrons. The normalized spacial score (nSPS) is 10.7. The second kappa shape index (κ2) is 9.78. The molecule has 30 heavy (non-hydrogen) atoms. The van der Waals surface area contributed by atoms with Crippen molar-refractivity contribution in [1.29, 1.82) is 0 Å². The fourth-order valence-corrected chi connectivity index (χ4v) is 2.84. The second-order valence-corrected chi connectivity index (χ2v) is 7.26. The average molecular weight is 409 g/mol. The summed E-state index contributed by atoms with van der Waals surface area (Å²) in [4.78, 5) is 16.7. The van der Waals surface area contributed by atoms with Gasteiger partial charge >= 0.3 is 6.03 Å². The molecule has 3 rings (SSSR count). The topological polar surface area (TPSA) is 90.3 Å². The van der Waals surface area contributed by atoms with Crippen molar-refractivity contribution in [3.05, 3.63) is 48.8 Å². The quantitative estimate of drug-likeness (QED) is 0.569. The van der Waals surface area contributed by atoms with Gasteiger partial charge in [0.15, 0.2) is 5.82 Å². The molecule has 158 valence electrons. The van der Waals surface area contributed by atoms with E-state index in [0.717, 1.165) is 17.7 Å². The molecule has 0 aliphatic rings. The van der Waals surface area contributed by atoms with Gasteiger partial charge in [0, 0.05) is 24.9 Å². The van der Waals surface area contributed by atoms with E-state index in [9.17, 15) is 4.79 Å². The van der Waals surface area contributed by atoms with Crippen molar-refractivity contribution in [3.8, 4) is 22.8 Å². The zero-order chi connectivity index (χ0) is 21.5. The third-order valence-electron chi connectivity index (χ3n) is 4.45. The lowest BCUT2D eigenvalue weighted by molar-refractivity contribution is 0.261. The molecule has 8 nitrogen and oxygen atoms in total. The average Bonchev–Trinajstić information content (AvgIpc) is 3.09. The molecule has 0 aliphatic heterocycles. The monoisotopic (exact) mass is 409 g/mol. The van der Waals surface area contributed by atoms with Gasteiger partial charge in [0.1, 0.15) is 11.5 Å². The van der Waals surface area contributed by atoms with Crippen molar-refractivity contribution in [3.63, 3.8) is 0 Å². The number of anilines is 2. The number of carbonyl (C=O) groups excluding carboxylic acids is 1. The van der Waals surface area contributed by atoms with Crippen LogP contribution in [0, 0.1) is 5.92 Å². The Labute approximate surface area is 176 Å². The molecule has 2 N–H and O–H groups in total. The molecule has 2 amide bonds. The molecule has 0 bridgehead atoms. The number of para-hydroxylation sites is 2. The summed E-state index contributed by atoms with van der Waals surface area (Å²) >= 11 is 0. The summed E-state index contributed by atoms with van der Waals surface area (Å²) in [6, 6.07) is 10.6. The number of hydrogen-bond donors (Lipinski definition) is 2. The number of nitrogens with one attached hydrogen (secondary N) is 2. The van der Waals surface area contributed by atoms with E-state index in [0.29, 0.717) is 35.5 Å². The first-order chi connectivity index (χ1) is 14.5. The van der Waals surface area contributed by atoms with E-state index >= 15 is 0 Å². The first-order valence-electron chi connectivity index (χ1n) is 9.79. The van der Waals surface area contributed by atoms with Crippen molar-refractivity contribution in [1.82, 2.24) is 14.8 Å². The Bertz CT molecular complexity index is 1000. The summed E-state index contributed by atoms with van der Waals surface area (Å²) in [6.07, 6.45) is 4.29. The Morgan fingerprint density at radius 2 is 1.97 bits per heavy atom. The van der Waals surface area contributed by atoms with Gasteiger partial charge in [0.05, 0.1) is 31.3 Å². The van der Waals surface area contributed by atoms with Gasteiger partial charge in [-0.1, -0.05) is 26.0 Å². The first-order valence-corrected chi connectivity index (χ1v) is 9.79. The van der Waals surface area contributed by atoms with Crippen molar-refractivity contribution in [2.45, 2.75) is 20.3 Å². The van der Waals surface area contributed by atoms with E-state index in [4.69, 9.17) is 9.47 Å². The van der Waals surface area contributed by atoms with Gasteiger partial charge in [-0.3, -0.25) is 15.0 Å². The smallest absolute Gasteiger partial charge is 0.325 e. The van der Waals surface area contributed by atoms with Crippen LogP contribution in [0.25, 0.3) is 11.3 Å². The zero-order valence-electron chi connectivity index (χ0n) is 17.7. The predicted molar refractivity (Wildman–Crippen MR) is 117 cm³/mol.